The zero-order valence-electron chi connectivity index (χ0n) is 26.9. The quantitative estimate of drug-likeness (QED) is 0.0405. The summed E-state index contributed by atoms with van der Waals surface area (Å²) in [6, 6.07) is 0. The third-order valence-electron chi connectivity index (χ3n) is 7.55. The standard InChI is InChI=1S/C36H62O6/c1-3-5-7-8-9-10-14-17-20-24-28-35(38)40-30-32(37)31-41-36(39)29-25-21-18-15-12-11-13-16-19-23-27-34-33(42-34)26-22-6-4-2/h11,13,15,18-19,23,32-34,37H,3-10,12,14,16-17,20-22,24-31H2,1-2H3/b13-11-,18-15-,23-19-/t32-,33?,34?/m1/s1. The Morgan fingerprint density at radius 1 is 0.643 bits per heavy atom. The highest BCUT2D eigenvalue weighted by molar-refractivity contribution is 5.69. The molecule has 0 amide bonds. The molecule has 6 nitrogen and oxygen atoms in total. The molecule has 0 aliphatic carbocycles. The number of aliphatic hydroxyl groups excluding tert-OH is 1. The van der Waals surface area contributed by atoms with Gasteiger partial charge < -0.3 is 19.3 Å². The SMILES string of the molecule is CCCCCCCCCCCCC(=O)OC[C@@H](O)COC(=O)CCC/C=C\C/C=C\C/C=C\CC1OC1CCCCC. The first-order valence-electron chi connectivity index (χ1n) is 17.2. The lowest BCUT2D eigenvalue weighted by Crippen LogP contribution is -2.25. The topological polar surface area (TPSA) is 85.4 Å². The summed E-state index contributed by atoms with van der Waals surface area (Å²) in [5.41, 5.74) is 0. The molecule has 2 unspecified atom stereocenters. The van der Waals surface area contributed by atoms with Gasteiger partial charge in [0.1, 0.15) is 19.3 Å². The number of hydrogen-bond acceptors (Lipinski definition) is 6. The van der Waals surface area contributed by atoms with Gasteiger partial charge in [-0.15, -0.1) is 0 Å². The average Bonchev–Trinajstić information content (AvgIpc) is 3.74. The van der Waals surface area contributed by atoms with Crippen LogP contribution in [0.4, 0.5) is 0 Å². The van der Waals surface area contributed by atoms with E-state index < -0.39 is 6.10 Å². The van der Waals surface area contributed by atoms with Crippen LogP contribution in [0.25, 0.3) is 0 Å². The number of ether oxygens (including phenoxy) is 3. The predicted molar refractivity (Wildman–Crippen MR) is 172 cm³/mol. The average molecular weight is 591 g/mol. The molecule has 1 N–H and O–H groups in total. The maximum atomic E-state index is 11.9. The first kappa shape index (κ1) is 38.1. The monoisotopic (exact) mass is 590 g/mol. The third kappa shape index (κ3) is 24.7. The summed E-state index contributed by atoms with van der Waals surface area (Å²) in [5, 5.41) is 9.94. The van der Waals surface area contributed by atoms with Crippen molar-refractivity contribution in [3.05, 3.63) is 36.5 Å². The van der Waals surface area contributed by atoms with Crippen LogP contribution in [0.3, 0.4) is 0 Å². The van der Waals surface area contributed by atoms with Crippen molar-refractivity contribution in [3.8, 4) is 0 Å². The van der Waals surface area contributed by atoms with Crippen LogP contribution in [0.1, 0.15) is 149 Å². The highest BCUT2D eigenvalue weighted by atomic mass is 16.6. The summed E-state index contributed by atoms with van der Waals surface area (Å²) in [7, 11) is 0. The van der Waals surface area contributed by atoms with Gasteiger partial charge >= 0.3 is 11.9 Å². The van der Waals surface area contributed by atoms with E-state index in [0.29, 0.717) is 31.5 Å². The van der Waals surface area contributed by atoms with Crippen LogP contribution in [-0.2, 0) is 23.8 Å². The summed E-state index contributed by atoms with van der Waals surface area (Å²) in [6.07, 6.45) is 35.2. The molecular weight excluding hydrogens is 528 g/mol. The molecule has 0 bridgehead atoms. The van der Waals surface area contributed by atoms with E-state index >= 15 is 0 Å². The van der Waals surface area contributed by atoms with Crippen LogP contribution in [0.2, 0.25) is 0 Å². The van der Waals surface area contributed by atoms with Crippen molar-refractivity contribution in [2.45, 2.75) is 167 Å². The number of epoxide rings is 1. The minimum Gasteiger partial charge on any atom is -0.463 e. The van der Waals surface area contributed by atoms with E-state index in [4.69, 9.17) is 14.2 Å². The highest BCUT2D eigenvalue weighted by Gasteiger charge is 2.36. The molecular formula is C36H62O6. The molecule has 0 saturated carbocycles. The molecule has 0 aromatic rings. The van der Waals surface area contributed by atoms with E-state index in [2.05, 4.69) is 50.3 Å². The van der Waals surface area contributed by atoms with Gasteiger partial charge in [-0.05, 0) is 44.9 Å². The van der Waals surface area contributed by atoms with Crippen molar-refractivity contribution in [2.75, 3.05) is 13.2 Å². The molecule has 0 aromatic carbocycles. The minimum atomic E-state index is -0.985. The Bertz CT molecular complexity index is 743. The molecule has 1 fully saturated rings. The molecule has 1 heterocycles. The zero-order chi connectivity index (χ0) is 30.5. The van der Waals surface area contributed by atoms with Crippen LogP contribution in [0, 0.1) is 0 Å². The largest absolute Gasteiger partial charge is 0.463 e. The van der Waals surface area contributed by atoms with Crippen molar-refractivity contribution in [1.29, 1.82) is 0 Å². The van der Waals surface area contributed by atoms with Crippen LogP contribution in [0.5, 0.6) is 0 Å². The molecule has 1 aliphatic rings. The lowest BCUT2D eigenvalue weighted by molar-refractivity contribution is -0.152. The predicted octanol–water partition coefficient (Wildman–Crippen LogP) is 9.10. The number of esters is 2. The van der Waals surface area contributed by atoms with Gasteiger partial charge in [-0.1, -0.05) is 127 Å². The lowest BCUT2D eigenvalue weighted by atomic mass is 10.1. The smallest absolute Gasteiger partial charge is 0.305 e. The van der Waals surface area contributed by atoms with Crippen LogP contribution in [-0.4, -0.2) is 48.6 Å². The number of carbonyl (C=O) groups is 2. The summed E-state index contributed by atoms with van der Waals surface area (Å²) in [4.78, 5) is 23.8. The van der Waals surface area contributed by atoms with Gasteiger partial charge in [0.05, 0.1) is 12.2 Å². The number of aliphatic hydroxyl groups is 1. The molecule has 1 rings (SSSR count). The molecule has 0 spiro atoms. The number of carbonyl (C=O) groups excluding carboxylic acids is 2. The molecule has 242 valence electrons. The Kier molecular flexibility index (Phi) is 25.3. The fraction of sp³-hybridized carbons (Fsp3) is 0.778. The lowest BCUT2D eigenvalue weighted by Gasteiger charge is -2.12. The van der Waals surface area contributed by atoms with Gasteiger partial charge in [0.25, 0.3) is 0 Å². The second kappa shape index (κ2) is 27.9. The van der Waals surface area contributed by atoms with Crippen molar-refractivity contribution in [2.24, 2.45) is 0 Å². The molecule has 3 atom stereocenters. The molecule has 6 heteroatoms. The molecule has 42 heavy (non-hydrogen) atoms. The second-order valence-electron chi connectivity index (χ2n) is 11.7. The molecule has 1 saturated heterocycles. The van der Waals surface area contributed by atoms with Gasteiger partial charge in [0.2, 0.25) is 0 Å². The van der Waals surface area contributed by atoms with E-state index in [0.717, 1.165) is 44.9 Å². The minimum absolute atomic E-state index is 0.134. The van der Waals surface area contributed by atoms with Crippen LogP contribution in [0.15, 0.2) is 36.5 Å². The van der Waals surface area contributed by atoms with Crippen LogP contribution < -0.4 is 0 Å². The van der Waals surface area contributed by atoms with Gasteiger partial charge in [-0.2, -0.15) is 0 Å². The molecule has 0 radical (unpaired) electrons. The Morgan fingerprint density at radius 3 is 1.76 bits per heavy atom. The normalized spacial score (nSPS) is 17.4. The Labute approximate surface area is 257 Å². The van der Waals surface area contributed by atoms with E-state index in [1.807, 2.05) is 0 Å². The zero-order valence-corrected chi connectivity index (χ0v) is 26.9. The third-order valence-corrected chi connectivity index (χ3v) is 7.55. The number of unbranched alkanes of at least 4 members (excludes halogenated alkanes) is 12. The molecule has 0 aromatic heterocycles. The van der Waals surface area contributed by atoms with Gasteiger partial charge in [0, 0.05) is 12.8 Å². The van der Waals surface area contributed by atoms with Gasteiger partial charge in [0.15, 0.2) is 0 Å². The summed E-state index contributed by atoms with van der Waals surface area (Å²) < 4.78 is 15.9. The van der Waals surface area contributed by atoms with Crippen molar-refractivity contribution < 1.29 is 28.9 Å². The first-order chi connectivity index (χ1) is 20.6. The Morgan fingerprint density at radius 2 is 1.14 bits per heavy atom. The van der Waals surface area contributed by atoms with E-state index in [1.165, 1.54) is 70.6 Å². The Balaban J connectivity index is 1.89. The fourth-order valence-electron chi connectivity index (χ4n) is 4.82. The fourth-order valence-corrected chi connectivity index (χ4v) is 4.82. The maximum Gasteiger partial charge on any atom is 0.305 e. The van der Waals surface area contributed by atoms with E-state index in [-0.39, 0.29) is 25.2 Å². The summed E-state index contributed by atoms with van der Waals surface area (Å²) >= 11 is 0. The van der Waals surface area contributed by atoms with E-state index in [9.17, 15) is 14.7 Å². The van der Waals surface area contributed by atoms with E-state index in [1.54, 1.807) is 0 Å². The summed E-state index contributed by atoms with van der Waals surface area (Å²) in [6.45, 7) is 4.19. The number of allylic oxidation sites excluding steroid dienone is 5. The summed E-state index contributed by atoms with van der Waals surface area (Å²) in [5.74, 6) is -0.636. The highest BCUT2D eigenvalue weighted by Crippen LogP contribution is 2.30. The van der Waals surface area contributed by atoms with Crippen molar-refractivity contribution in [3.63, 3.8) is 0 Å². The Hall–Kier alpha value is -1.92. The van der Waals surface area contributed by atoms with Crippen molar-refractivity contribution >= 4 is 11.9 Å². The number of hydrogen-bond donors (Lipinski definition) is 1. The van der Waals surface area contributed by atoms with Gasteiger partial charge in [-0.25, -0.2) is 0 Å². The van der Waals surface area contributed by atoms with Crippen LogP contribution >= 0.6 is 0 Å². The second-order valence-corrected chi connectivity index (χ2v) is 11.7. The first-order valence-corrected chi connectivity index (χ1v) is 17.2. The van der Waals surface area contributed by atoms with Gasteiger partial charge in [-0.3, -0.25) is 9.59 Å². The van der Waals surface area contributed by atoms with Crippen molar-refractivity contribution in [1.82, 2.24) is 0 Å². The number of rotatable bonds is 29. The molecule has 1 aliphatic heterocycles. The maximum absolute atomic E-state index is 11.9.